The molecule has 2 N–H and O–H groups in total. The first kappa shape index (κ1) is 13.9. The van der Waals surface area contributed by atoms with Crippen LogP contribution in [0.1, 0.15) is 16.8 Å². The second-order valence-corrected chi connectivity index (χ2v) is 4.51. The van der Waals surface area contributed by atoms with E-state index < -0.39 is 28.9 Å². The van der Waals surface area contributed by atoms with Gasteiger partial charge in [-0.25, -0.2) is 4.79 Å². The molecule has 8 nitrogen and oxygen atoms in total. The van der Waals surface area contributed by atoms with Gasteiger partial charge in [0, 0.05) is 30.7 Å². The van der Waals surface area contributed by atoms with Crippen LogP contribution in [0, 0.1) is 10.1 Å². The first-order valence-corrected chi connectivity index (χ1v) is 5.86. The van der Waals surface area contributed by atoms with E-state index in [1.807, 2.05) is 0 Å². The molecule has 2 atom stereocenters. The number of likely N-dealkylation sites (tertiary alicyclic amines) is 1. The van der Waals surface area contributed by atoms with Gasteiger partial charge in [-0.3, -0.25) is 14.9 Å². The normalized spacial score (nSPS) is 21.8. The Morgan fingerprint density at radius 2 is 2.10 bits per heavy atom. The number of nitrogens with zero attached hydrogens (tertiary/aromatic N) is 2. The summed E-state index contributed by atoms with van der Waals surface area (Å²) < 4.78 is 0. The molecule has 0 aromatic heterocycles. The van der Waals surface area contributed by atoms with Crippen LogP contribution in [-0.4, -0.2) is 50.6 Å². The number of aliphatic hydroxyl groups excluding tert-OH is 1. The molecule has 0 spiro atoms. The summed E-state index contributed by atoms with van der Waals surface area (Å²) in [6.07, 6.45) is -0.950. The lowest BCUT2D eigenvalue weighted by atomic mass is 10.1. The van der Waals surface area contributed by atoms with Crippen molar-refractivity contribution in [1.29, 1.82) is 0 Å². The molecule has 0 saturated carbocycles. The maximum absolute atomic E-state index is 12.2. The van der Waals surface area contributed by atoms with Gasteiger partial charge >= 0.3 is 5.97 Å². The van der Waals surface area contributed by atoms with Crippen LogP contribution in [0.4, 0.5) is 5.69 Å². The van der Waals surface area contributed by atoms with Gasteiger partial charge in [0.2, 0.25) is 0 Å². The van der Waals surface area contributed by atoms with Gasteiger partial charge in [-0.1, -0.05) is 6.07 Å². The highest BCUT2D eigenvalue weighted by atomic mass is 16.6. The molecule has 2 rings (SSSR count). The van der Waals surface area contributed by atoms with Gasteiger partial charge < -0.3 is 15.1 Å². The molecular formula is C12H12N2O6. The lowest BCUT2D eigenvalue weighted by Crippen LogP contribution is -2.40. The predicted molar refractivity (Wildman–Crippen MR) is 66.2 cm³/mol. The van der Waals surface area contributed by atoms with Crippen LogP contribution >= 0.6 is 0 Å². The van der Waals surface area contributed by atoms with E-state index in [1.54, 1.807) is 0 Å². The molecule has 106 valence electrons. The number of β-amino-alcohol motifs (C(OH)–C–C–N with tert-alkyl or cyclic N) is 1. The number of carboxylic acid groups (broad SMARTS) is 1. The Labute approximate surface area is 113 Å². The van der Waals surface area contributed by atoms with Crippen LogP contribution in [-0.2, 0) is 4.79 Å². The number of nitro benzene ring substituents is 1. The number of benzene rings is 1. The van der Waals surface area contributed by atoms with E-state index in [-0.39, 0.29) is 24.2 Å². The molecule has 1 amide bonds. The molecule has 1 aromatic carbocycles. The fraction of sp³-hybridized carbons (Fsp3) is 0.333. The topological polar surface area (TPSA) is 121 Å². The minimum atomic E-state index is -1.21. The molecule has 1 fully saturated rings. The van der Waals surface area contributed by atoms with Crippen molar-refractivity contribution in [2.45, 2.75) is 18.6 Å². The summed E-state index contributed by atoms with van der Waals surface area (Å²) in [5, 5.41) is 29.2. The van der Waals surface area contributed by atoms with Crippen molar-refractivity contribution in [3.8, 4) is 0 Å². The molecule has 0 bridgehead atoms. The van der Waals surface area contributed by atoms with Crippen molar-refractivity contribution in [3.63, 3.8) is 0 Å². The molecule has 0 aliphatic carbocycles. The summed E-state index contributed by atoms with van der Waals surface area (Å²) >= 11 is 0. The van der Waals surface area contributed by atoms with E-state index in [1.165, 1.54) is 18.2 Å². The lowest BCUT2D eigenvalue weighted by Gasteiger charge is -2.21. The number of nitro groups is 1. The standard InChI is InChI=1S/C12H12N2O6/c15-9-5-10(12(17)18)13(6-9)11(16)7-2-1-3-8(4-7)14(19)20/h1-4,9-10,15H,5-6H2,(H,17,18)/t9-,10-/m0/s1. The molecule has 1 aromatic rings. The highest BCUT2D eigenvalue weighted by Gasteiger charge is 2.39. The number of non-ortho nitro benzene ring substituents is 1. The fourth-order valence-electron chi connectivity index (χ4n) is 2.19. The molecule has 0 radical (unpaired) electrons. The Morgan fingerprint density at radius 1 is 1.40 bits per heavy atom. The first-order chi connectivity index (χ1) is 9.40. The zero-order chi connectivity index (χ0) is 14.9. The lowest BCUT2D eigenvalue weighted by molar-refractivity contribution is -0.384. The van der Waals surface area contributed by atoms with Gasteiger partial charge in [-0.15, -0.1) is 0 Å². The van der Waals surface area contributed by atoms with E-state index >= 15 is 0 Å². The van der Waals surface area contributed by atoms with Gasteiger partial charge in [0.1, 0.15) is 6.04 Å². The largest absolute Gasteiger partial charge is 0.480 e. The monoisotopic (exact) mass is 280 g/mol. The van der Waals surface area contributed by atoms with Gasteiger partial charge in [0.25, 0.3) is 11.6 Å². The Kier molecular flexibility index (Phi) is 3.66. The number of aliphatic hydroxyl groups is 1. The zero-order valence-corrected chi connectivity index (χ0v) is 10.3. The highest BCUT2D eigenvalue weighted by Crippen LogP contribution is 2.22. The number of hydrogen-bond acceptors (Lipinski definition) is 5. The smallest absolute Gasteiger partial charge is 0.326 e. The minimum absolute atomic E-state index is 0.0274. The maximum Gasteiger partial charge on any atom is 0.326 e. The first-order valence-electron chi connectivity index (χ1n) is 5.86. The predicted octanol–water partition coefficient (Wildman–Crippen LogP) is 0.255. The van der Waals surface area contributed by atoms with Crippen molar-refractivity contribution >= 4 is 17.6 Å². The van der Waals surface area contributed by atoms with Gasteiger partial charge in [0.05, 0.1) is 11.0 Å². The average molecular weight is 280 g/mol. The summed E-state index contributed by atoms with van der Waals surface area (Å²) in [5.41, 5.74) is -0.220. The van der Waals surface area contributed by atoms with Crippen LogP contribution in [0.5, 0.6) is 0 Å². The third-order valence-electron chi connectivity index (χ3n) is 3.13. The number of rotatable bonds is 3. The second-order valence-electron chi connectivity index (χ2n) is 4.51. The minimum Gasteiger partial charge on any atom is -0.480 e. The Morgan fingerprint density at radius 3 is 2.70 bits per heavy atom. The van der Waals surface area contributed by atoms with Gasteiger partial charge in [-0.05, 0) is 6.07 Å². The van der Waals surface area contributed by atoms with Gasteiger partial charge in [-0.2, -0.15) is 0 Å². The zero-order valence-electron chi connectivity index (χ0n) is 10.3. The molecule has 1 aliphatic heterocycles. The molecule has 20 heavy (non-hydrogen) atoms. The van der Waals surface area contributed by atoms with Gasteiger partial charge in [0.15, 0.2) is 0 Å². The van der Waals surface area contributed by atoms with Crippen LogP contribution in [0.2, 0.25) is 0 Å². The van der Waals surface area contributed by atoms with E-state index in [0.717, 1.165) is 11.0 Å². The second kappa shape index (κ2) is 5.25. The van der Waals surface area contributed by atoms with E-state index in [0.29, 0.717) is 0 Å². The molecular weight excluding hydrogens is 268 g/mol. The Balaban J connectivity index is 2.28. The fourth-order valence-corrected chi connectivity index (χ4v) is 2.19. The Bertz CT molecular complexity index is 573. The van der Waals surface area contributed by atoms with Crippen molar-refractivity contribution in [1.82, 2.24) is 4.90 Å². The van der Waals surface area contributed by atoms with Crippen LogP contribution in [0.15, 0.2) is 24.3 Å². The van der Waals surface area contributed by atoms with E-state index in [2.05, 4.69) is 0 Å². The third-order valence-corrected chi connectivity index (χ3v) is 3.13. The average Bonchev–Trinajstić information content (AvgIpc) is 2.80. The number of hydrogen-bond donors (Lipinski definition) is 2. The molecule has 1 heterocycles. The third kappa shape index (κ3) is 2.59. The number of carbonyl (C=O) groups excluding carboxylic acids is 1. The van der Waals surface area contributed by atoms with Crippen LogP contribution in [0.25, 0.3) is 0 Å². The van der Waals surface area contributed by atoms with Crippen LogP contribution in [0.3, 0.4) is 0 Å². The highest BCUT2D eigenvalue weighted by molar-refractivity contribution is 5.97. The van der Waals surface area contributed by atoms with Crippen molar-refractivity contribution < 1.29 is 24.7 Å². The summed E-state index contributed by atoms with van der Waals surface area (Å²) in [7, 11) is 0. The number of carboxylic acids is 1. The summed E-state index contributed by atoms with van der Waals surface area (Å²) in [6, 6.07) is 3.94. The van der Waals surface area contributed by atoms with Crippen molar-refractivity contribution in [2.24, 2.45) is 0 Å². The Hall–Kier alpha value is -2.48. The summed E-state index contributed by atoms with van der Waals surface area (Å²) in [5.74, 6) is -1.85. The quantitative estimate of drug-likeness (QED) is 0.605. The molecule has 1 saturated heterocycles. The summed E-state index contributed by atoms with van der Waals surface area (Å²) in [4.78, 5) is 34.3. The van der Waals surface area contributed by atoms with Crippen LogP contribution < -0.4 is 0 Å². The number of carbonyl (C=O) groups is 2. The molecule has 8 heteroatoms. The molecule has 1 aliphatic rings. The number of amides is 1. The van der Waals surface area contributed by atoms with E-state index in [4.69, 9.17) is 5.11 Å². The van der Waals surface area contributed by atoms with E-state index in [9.17, 15) is 24.8 Å². The summed E-state index contributed by atoms with van der Waals surface area (Å²) in [6.45, 7) is -0.0987. The van der Waals surface area contributed by atoms with Crippen molar-refractivity contribution in [3.05, 3.63) is 39.9 Å². The number of aliphatic carboxylic acids is 1. The SMILES string of the molecule is O=C(O)[C@@H]1C[C@H](O)CN1C(=O)c1cccc([N+](=O)[O-])c1. The molecule has 0 unspecified atom stereocenters. The maximum atomic E-state index is 12.2. The van der Waals surface area contributed by atoms with Crippen molar-refractivity contribution in [2.75, 3.05) is 6.54 Å².